The van der Waals surface area contributed by atoms with E-state index in [0.717, 1.165) is 16.7 Å². The lowest BCUT2D eigenvalue weighted by molar-refractivity contribution is -0.145. The molecule has 0 bridgehead atoms. The zero-order chi connectivity index (χ0) is 37.3. The highest BCUT2D eigenvalue weighted by Gasteiger charge is 2.42. The van der Waals surface area contributed by atoms with Crippen LogP contribution in [0.2, 0.25) is 0 Å². The predicted molar refractivity (Wildman–Crippen MR) is 200 cm³/mol. The summed E-state index contributed by atoms with van der Waals surface area (Å²) in [6.45, 7) is 9.56. The first kappa shape index (κ1) is 38.9. The third-order valence-electron chi connectivity index (χ3n) is 8.87. The Morgan fingerprint density at radius 2 is 1.46 bits per heavy atom. The van der Waals surface area contributed by atoms with Crippen LogP contribution in [-0.4, -0.2) is 77.6 Å². The van der Waals surface area contributed by atoms with Gasteiger partial charge in [-0.25, -0.2) is 14.1 Å². The molecule has 1 aromatic heterocycles. The lowest BCUT2D eigenvalue weighted by Gasteiger charge is -2.47. The Bertz CT molecular complexity index is 1820. The molecule has 52 heavy (non-hydrogen) atoms. The number of morpholine rings is 1. The summed E-state index contributed by atoms with van der Waals surface area (Å²) in [6.07, 6.45) is 0.372. The predicted octanol–water partition coefficient (Wildman–Crippen LogP) is 6.04. The van der Waals surface area contributed by atoms with Crippen molar-refractivity contribution in [2.45, 2.75) is 64.1 Å². The molecule has 0 radical (unpaired) electrons. The average Bonchev–Trinajstić information content (AvgIpc) is 3.15. The molecular weight excluding hydrogens is 681 g/mol. The Hall–Kier alpha value is -4.34. The molecule has 0 amide bonds. The van der Waals surface area contributed by atoms with E-state index in [1.165, 1.54) is 16.8 Å². The lowest BCUT2D eigenvalue weighted by atomic mass is 9.80. The molecule has 1 unspecified atom stereocenters. The van der Waals surface area contributed by atoms with Gasteiger partial charge in [0.1, 0.15) is 17.1 Å². The van der Waals surface area contributed by atoms with E-state index in [-0.39, 0.29) is 31.7 Å². The van der Waals surface area contributed by atoms with Crippen molar-refractivity contribution in [3.05, 3.63) is 129 Å². The van der Waals surface area contributed by atoms with Crippen molar-refractivity contribution in [3.8, 4) is 17.6 Å². The number of benzene rings is 3. The first-order valence-electron chi connectivity index (χ1n) is 17.4. The summed E-state index contributed by atoms with van der Waals surface area (Å²) in [5.74, 6) is 1.43. The highest BCUT2D eigenvalue weighted by atomic mass is 31.2. The molecular formula is C39H48N5O7P. The van der Waals surface area contributed by atoms with Gasteiger partial charge in [0.2, 0.25) is 0 Å². The number of H-pyrrole nitrogens is 1. The third kappa shape index (κ3) is 8.81. The van der Waals surface area contributed by atoms with Crippen molar-refractivity contribution < 1.29 is 23.5 Å². The molecule has 1 N–H and O–H groups in total. The van der Waals surface area contributed by atoms with Crippen LogP contribution < -0.4 is 20.7 Å². The molecule has 0 spiro atoms. The molecule has 13 heteroatoms. The van der Waals surface area contributed by atoms with E-state index in [2.05, 4.69) is 48.1 Å². The number of ether oxygens (including phenoxy) is 4. The minimum absolute atomic E-state index is 0.114. The van der Waals surface area contributed by atoms with Gasteiger partial charge in [-0.1, -0.05) is 54.6 Å². The Labute approximate surface area is 306 Å². The Kier molecular flexibility index (Phi) is 13.4. The molecule has 1 fully saturated rings. The van der Waals surface area contributed by atoms with Crippen LogP contribution in [0.15, 0.2) is 101 Å². The highest BCUT2D eigenvalue weighted by molar-refractivity contribution is 7.47. The van der Waals surface area contributed by atoms with Gasteiger partial charge in [0, 0.05) is 30.9 Å². The minimum Gasteiger partial charge on any atom is -0.497 e. The van der Waals surface area contributed by atoms with Crippen molar-refractivity contribution in [1.29, 1.82) is 5.26 Å². The maximum atomic E-state index is 13.1. The molecule has 0 saturated carbocycles. The first-order chi connectivity index (χ1) is 25.1. The number of methoxy groups -OCH3 is 2. The first-order valence-corrected chi connectivity index (χ1v) is 18.6. The van der Waals surface area contributed by atoms with Crippen LogP contribution >= 0.6 is 8.45 Å². The quantitative estimate of drug-likeness (QED) is 0.0828. The average molecular weight is 730 g/mol. The van der Waals surface area contributed by atoms with Crippen molar-refractivity contribution in [2.24, 2.45) is 0 Å². The van der Waals surface area contributed by atoms with Gasteiger partial charge < -0.3 is 23.5 Å². The minimum atomic E-state index is -1.41. The maximum Gasteiger partial charge on any atom is 0.330 e. The number of aromatic amines is 1. The normalized spacial score (nSPS) is 17.3. The fourth-order valence-electron chi connectivity index (χ4n) is 6.59. The van der Waals surface area contributed by atoms with E-state index < -0.39 is 37.6 Å². The van der Waals surface area contributed by atoms with E-state index in [1.54, 1.807) is 14.2 Å². The molecule has 0 aliphatic carbocycles. The molecule has 5 rings (SSSR count). The van der Waals surface area contributed by atoms with E-state index in [9.17, 15) is 14.9 Å². The standard InChI is InChI=1S/C39H48N5O7P/c1-28(2)44(29(3)4)52(50-24-10-22-40)42-25-35(51-37(26-42)43-23-21-36(45)41-38(43)46)27-49-39(30-11-8-7-9-12-30,31-13-17-33(47-5)18-14-31)32-15-19-34(48-6)20-16-32/h7-9,11-21,23,28-29,35,37H,10,24-27H2,1-6H3,(H,41,45,46)/t35-,37+,52?/m0/s1. The molecule has 1 aliphatic heterocycles. The zero-order valence-corrected chi connectivity index (χ0v) is 31.5. The topological polar surface area (TPSA) is 131 Å². The molecule has 12 nitrogen and oxygen atoms in total. The zero-order valence-electron chi connectivity index (χ0n) is 30.6. The van der Waals surface area contributed by atoms with Crippen molar-refractivity contribution in [1.82, 2.24) is 18.9 Å². The fourth-order valence-corrected chi connectivity index (χ4v) is 8.82. The second-order valence-electron chi connectivity index (χ2n) is 13.0. The van der Waals surface area contributed by atoms with Gasteiger partial charge in [-0.3, -0.25) is 14.3 Å². The van der Waals surface area contributed by atoms with Crippen LogP contribution in [0.1, 0.15) is 57.0 Å². The lowest BCUT2D eigenvalue weighted by Crippen LogP contribution is -2.51. The van der Waals surface area contributed by atoms with Crippen LogP contribution in [0.4, 0.5) is 0 Å². The number of aromatic nitrogens is 2. The second-order valence-corrected chi connectivity index (χ2v) is 14.8. The number of hydrogen-bond acceptors (Lipinski definition) is 10. The summed E-state index contributed by atoms with van der Waals surface area (Å²) >= 11 is 0. The van der Waals surface area contributed by atoms with Crippen LogP contribution in [0.25, 0.3) is 0 Å². The maximum absolute atomic E-state index is 13.1. The molecule has 1 aliphatic rings. The van der Waals surface area contributed by atoms with E-state index in [1.807, 2.05) is 78.9 Å². The van der Waals surface area contributed by atoms with Crippen molar-refractivity contribution >= 4 is 8.45 Å². The fraction of sp³-hybridized carbons (Fsp3) is 0.410. The van der Waals surface area contributed by atoms with Crippen LogP contribution in [0.3, 0.4) is 0 Å². The van der Waals surface area contributed by atoms with Gasteiger partial charge in [-0.05, 0) is 68.7 Å². The summed E-state index contributed by atoms with van der Waals surface area (Å²) < 4.78 is 37.3. The van der Waals surface area contributed by atoms with Gasteiger partial charge in [-0.2, -0.15) is 5.26 Å². The van der Waals surface area contributed by atoms with Crippen LogP contribution in [0.5, 0.6) is 11.5 Å². The smallest absolute Gasteiger partial charge is 0.330 e. The molecule has 2 heterocycles. The molecule has 3 aromatic carbocycles. The Morgan fingerprint density at radius 1 is 0.885 bits per heavy atom. The SMILES string of the molecule is COc1ccc(C(OC[C@@H]2CN(P(OCCC#N)N(C(C)C)C(C)C)C[C@H](n3ccc(=O)[nH]c3=O)O2)(c2ccccc2)c2ccc(OC)cc2)cc1. The molecule has 3 atom stereocenters. The van der Waals surface area contributed by atoms with Gasteiger partial charge in [-0.15, -0.1) is 0 Å². The Balaban J connectivity index is 1.60. The van der Waals surface area contributed by atoms with Gasteiger partial charge in [0.25, 0.3) is 5.56 Å². The molecule has 4 aromatic rings. The summed E-state index contributed by atoms with van der Waals surface area (Å²) in [7, 11) is 1.86. The van der Waals surface area contributed by atoms with E-state index >= 15 is 0 Å². The van der Waals surface area contributed by atoms with Gasteiger partial charge in [0.05, 0.1) is 52.6 Å². The third-order valence-corrected chi connectivity index (χ3v) is 11.4. The van der Waals surface area contributed by atoms with Crippen molar-refractivity contribution in [3.63, 3.8) is 0 Å². The number of hydrogen-bond donors (Lipinski definition) is 1. The summed E-state index contributed by atoms with van der Waals surface area (Å²) in [5, 5.41) is 9.35. The summed E-state index contributed by atoms with van der Waals surface area (Å²) in [6, 6.07) is 29.4. The largest absolute Gasteiger partial charge is 0.497 e. The van der Waals surface area contributed by atoms with Crippen molar-refractivity contribution in [2.75, 3.05) is 40.5 Å². The van der Waals surface area contributed by atoms with E-state index in [4.69, 9.17) is 23.5 Å². The van der Waals surface area contributed by atoms with Crippen LogP contribution in [-0.2, 0) is 19.6 Å². The second kappa shape index (κ2) is 17.9. The molecule has 276 valence electrons. The number of rotatable bonds is 16. The number of nitriles is 1. The summed E-state index contributed by atoms with van der Waals surface area (Å²) in [5.41, 5.74) is 0.490. The van der Waals surface area contributed by atoms with E-state index in [0.29, 0.717) is 24.6 Å². The number of nitrogens with one attached hydrogen (secondary N) is 1. The number of nitrogens with zero attached hydrogens (tertiary/aromatic N) is 4. The van der Waals surface area contributed by atoms with Gasteiger partial charge in [0.15, 0.2) is 14.7 Å². The van der Waals surface area contributed by atoms with Crippen LogP contribution in [0, 0.1) is 11.3 Å². The molecule has 1 saturated heterocycles. The Morgan fingerprint density at radius 3 is 1.98 bits per heavy atom. The summed E-state index contributed by atoms with van der Waals surface area (Å²) in [4.78, 5) is 27.6. The highest BCUT2D eigenvalue weighted by Crippen LogP contribution is 2.51. The van der Waals surface area contributed by atoms with Gasteiger partial charge >= 0.3 is 5.69 Å². The monoisotopic (exact) mass is 729 g/mol.